The number of methoxy groups -OCH3 is 1. The summed E-state index contributed by atoms with van der Waals surface area (Å²) < 4.78 is 64.6. The van der Waals surface area contributed by atoms with E-state index in [1.165, 1.54) is 13.2 Å². The normalized spacial score (nSPS) is 26.9. The highest BCUT2D eigenvalue weighted by Crippen LogP contribution is 2.49. The molecule has 4 unspecified atom stereocenters. The first kappa shape index (κ1) is 29.6. The highest BCUT2D eigenvalue weighted by atomic mass is 19.4. The molecular weight excluding hydrogens is 562 g/mol. The number of carbonyl (C=O) groups excluding carboxylic acids is 2. The lowest BCUT2D eigenvalue weighted by molar-refractivity contribution is -0.143. The monoisotopic (exact) mass is 593 g/mol. The van der Waals surface area contributed by atoms with Gasteiger partial charge >= 0.3 is 12.1 Å². The van der Waals surface area contributed by atoms with Gasteiger partial charge in [-0.1, -0.05) is 0 Å². The molecule has 2 aromatic rings. The van der Waals surface area contributed by atoms with Crippen LogP contribution in [0.2, 0.25) is 0 Å². The Morgan fingerprint density at radius 1 is 1.00 bits per heavy atom. The number of fused-ring (bicyclic) bond motifs is 2. The molecule has 1 heterocycles. The van der Waals surface area contributed by atoms with Crippen LogP contribution in [0.4, 0.5) is 23.4 Å². The van der Waals surface area contributed by atoms with Crippen LogP contribution in [0.15, 0.2) is 30.5 Å². The molecule has 0 radical (unpaired) electrons. The zero-order valence-electron chi connectivity index (χ0n) is 22.7. The van der Waals surface area contributed by atoms with E-state index in [0.717, 1.165) is 31.0 Å². The molecule has 42 heavy (non-hydrogen) atoms. The van der Waals surface area contributed by atoms with Crippen molar-refractivity contribution in [2.75, 3.05) is 12.4 Å². The van der Waals surface area contributed by atoms with Crippen LogP contribution in [0.25, 0.3) is 0 Å². The van der Waals surface area contributed by atoms with E-state index in [1.807, 2.05) is 0 Å². The maximum Gasteiger partial charge on any atom is 0.417 e. The van der Waals surface area contributed by atoms with Gasteiger partial charge in [-0.05, 0) is 75.0 Å². The van der Waals surface area contributed by atoms with E-state index in [9.17, 15) is 37.1 Å². The minimum absolute atomic E-state index is 0.0134. The Labute approximate surface area is 239 Å². The Kier molecular flexibility index (Phi) is 8.29. The van der Waals surface area contributed by atoms with Gasteiger partial charge < -0.3 is 25.2 Å². The molecule has 1 aromatic carbocycles. The van der Waals surface area contributed by atoms with Crippen LogP contribution in [-0.2, 0) is 15.8 Å². The molecule has 3 aliphatic rings. The number of halogens is 4. The average molecular weight is 594 g/mol. The summed E-state index contributed by atoms with van der Waals surface area (Å²) in [6.07, 6.45) is -0.367. The second-order valence-corrected chi connectivity index (χ2v) is 11.2. The maximum absolute atomic E-state index is 14.9. The molecule has 4 atom stereocenters. The van der Waals surface area contributed by atoms with Crippen molar-refractivity contribution in [1.29, 1.82) is 0 Å². The third-order valence-electron chi connectivity index (χ3n) is 8.67. The largest absolute Gasteiger partial charge is 0.496 e. The van der Waals surface area contributed by atoms with Crippen LogP contribution in [0.1, 0.15) is 60.9 Å². The second kappa shape index (κ2) is 11.8. The number of anilines is 1. The fourth-order valence-corrected chi connectivity index (χ4v) is 6.53. The number of carbonyl (C=O) groups is 3. The van der Waals surface area contributed by atoms with Crippen LogP contribution in [-0.4, -0.2) is 47.1 Å². The van der Waals surface area contributed by atoms with Crippen molar-refractivity contribution < 1.29 is 46.5 Å². The summed E-state index contributed by atoms with van der Waals surface area (Å²) in [5.41, 5.74) is -0.922. The molecule has 13 heteroatoms. The molecule has 0 saturated heterocycles. The number of carboxylic acid groups (broad SMARTS) is 1. The first-order valence-corrected chi connectivity index (χ1v) is 13.9. The molecule has 3 aliphatic carbocycles. The minimum atomic E-state index is -4.55. The molecule has 3 N–H and O–H groups in total. The lowest BCUT2D eigenvalue weighted by Gasteiger charge is -2.31. The van der Waals surface area contributed by atoms with Gasteiger partial charge in [-0.25, -0.2) is 9.37 Å². The van der Waals surface area contributed by atoms with E-state index in [0.29, 0.717) is 38.3 Å². The zero-order valence-corrected chi connectivity index (χ0v) is 22.7. The number of aromatic nitrogens is 1. The Morgan fingerprint density at radius 3 is 2.33 bits per heavy atom. The Bertz CT molecular complexity index is 1340. The summed E-state index contributed by atoms with van der Waals surface area (Å²) in [5, 5.41) is 14.7. The van der Waals surface area contributed by atoms with Gasteiger partial charge in [-0.3, -0.25) is 14.4 Å². The molecule has 3 saturated carbocycles. The van der Waals surface area contributed by atoms with Gasteiger partial charge in [-0.2, -0.15) is 13.2 Å². The van der Waals surface area contributed by atoms with Gasteiger partial charge in [0.25, 0.3) is 5.91 Å². The summed E-state index contributed by atoms with van der Waals surface area (Å²) in [6.45, 7) is 0. The maximum atomic E-state index is 14.9. The van der Waals surface area contributed by atoms with E-state index in [1.54, 1.807) is 0 Å². The van der Waals surface area contributed by atoms with Gasteiger partial charge in [0, 0.05) is 18.3 Å². The molecule has 3 fully saturated rings. The van der Waals surface area contributed by atoms with Gasteiger partial charge in [0.05, 0.1) is 36.2 Å². The number of aliphatic carboxylic acids is 1. The zero-order chi connectivity index (χ0) is 30.2. The van der Waals surface area contributed by atoms with E-state index < -0.39 is 59.3 Å². The quantitative estimate of drug-likeness (QED) is 0.366. The number of pyridine rings is 1. The van der Waals surface area contributed by atoms with Gasteiger partial charge in [0.1, 0.15) is 11.6 Å². The van der Waals surface area contributed by atoms with Crippen molar-refractivity contribution in [2.24, 2.45) is 23.7 Å². The van der Waals surface area contributed by atoms with Gasteiger partial charge in [-0.15, -0.1) is 0 Å². The van der Waals surface area contributed by atoms with Crippen molar-refractivity contribution in [3.8, 4) is 11.5 Å². The molecule has 226 valence electrons. The van der Waals surface area contributed by atoms with Crippen molar-refractivity contribution in [3.05, 3.63) is 47.4 Å². The van der Waals surface area contributed by atoms with Crippen LogP contribution in [0.3, 0.4) is 0 Å². The molecule has 2 bridgehead atoms. The van der Waals surface area contributed by atoms with Gasteiger partial charge in [0.15, 0.2) is 11.6 Å². The average Bonchev–Trinajstić information content (AvgIpc) is 3.56. The predicted octanol–water partition coefficient (Wildman–Crippen LogP) is 5.05. The number of amides is 2. The lowest BCUT2D eigenvalue weighted by atomic mass is 9.83. The van der Waals surface area contributed by atoms with Crippen LogP contribution in [0, 0.1) is 29.5 Å². The number of hydrogen-bond donors (Lipinski definition) is 3. The molecular formula is C29H31F4N3O6. The molecule has 2 amide bonds. The van der Waals surface area contributed by atoms with Crippen molar-refractivity contribution in [3.63, 3.8) is 0 Å². The number of ether oxygens (including phenoxy) is 2. The van der Waals surface area contributed by atoms with Crippen molar-refractivity contribution in [1.82, 2.24) is 10.3 Å². The van der Waals surface area contributed by atoms with Crippen molar-refractivity contribution in [2.45, 2.75) is 63.3 Å². The third-order valence-corrected chi connectivity index (χ3v) is 8.67. The first-order chi connectivity index (χ1) is 19.9. The van der Waals surface area contributed by atoms with E-state index in [-0.39, 0.29) is 34.7 Å². The highest BCUT2D eigenvalue weighted by Gasteiger charge is 2.51. The Morgan fingerprint density at radius 2 is 1.71 bits per heavy atom. The summed E-state index contributed by atoms with van der Waals surface area (Å²) in [7, 11) is 1.30. The first-order valence-electron chi connectivity index (χ1n) is 13.9. The number of nitrogens with one attached hydrogen (secondary N) is 2. The van der Waals surface area contributed by atoms with E-state index in [4.69, 9.17) is 9.47 Å². The van der Waals surface area contributed by atoms with E-state index in [2.05, 4.69) is 15.6 Å². The smallest absolute Gasteiger partial charge is 0.417 e. The fourth-order valence-electron chi connectivity index (χ4n) is 6.53. The summed E-state index contributed by atoms with van der Waals surface area (Å²) in [4.78, 5) is 41.7. The second-order valence-electron chi connectivity index (χ2n) is 11.2. The number of benzene rings is 1. The van der Waals surface area contributed by atoms with Gasteiger partial charge in [0.2, 0.25) is 5.91 Å². The number of alkyl halides is 3. The number of nitrogens with zero attached hydrogens (tertiary/aromatic N) is 1. The fraction of sp³-hybridized carbons (Fsp3) is 0.517. The van der Waals surface area contributed by atoms with E-state index >= 15 is 0 Å². The molecule has 0 aliphatic heterocycles. The van der Waals surface area contributed by atoms with Crippen molar-refractivity contribution >= 4 is 23.6 Å². The summed E-state index contributed by atoms with van der Waals surface area (Å²) in [5.74, 6) is -3.96. The lowest BCUT2D eigenvalue weighted by Crippen LogP contribution is -2.48. The number of carboxylic acids is 1. The minimum Gasteiger partial charge on any atom is -0.496 e. The summed E-state index contributed by atoms with van der Waals surface area (Å²) >= 11 is 0. The summed E-state index contributed by atoms with van der Waals surface area (Å²) in [6, 6.07) is 3.66. The van der Waals surface area contributed by atoms with Crippen LogP contribution >= 0.6 is 0 Å². The highest BCUT2D eigenvalue weighted by molar-refractivity contribution is 5.99. The number of hydrogen-bond acceptors (Lipinski definition) is 6. The molecule has 5 rings (SSSR count). The topological polar surface area (TPSA) is 127 Å². The Hall–Kier alpha value is -3.90. The number of rotatable bonds is 8. The Balaban J connectivity index is 1.30. The molecule has 0 spiro atoms. The molecule has 1 aromatic heterocycles. The third kappa shape index (κ3) is 6.14. The molecule has 9 nitrogen and oxygen atoms in total. The SMILES string of the molecule is COc1cc(F)c(OC2CCC(C(=O)O)CC2)cc1C(=O)NC1C2CCC(C2)C1C(=O)Nc1ccc(C(F)(F)F)cn1. The predicted molar refractivity (Wildman–Crippen MR) is 140 cm³/mol. The van der Waals surface area contributed by atoms with Crippen LogP contribution < -0.4 is 20.1 Å². The standard InChI is InChI=1S/C29H31F4N3O6/c1-41-21-12-20(30)22(42-18-7-4-14(5-8-18)28(39)40)11-19(21)26(37)36-25-16-3-2-15(10-16)24(25)27(38)35-23-9-6-17(13-34-23)29(31,32)33/h6,9,11-16,18,24-25H,2-5,7-8,10H2,1H3,(H,36,37)(H,39,40)(H,34,35,38). The van der Waals surface area contributed by atoms with Crippen LogP contribution in [0.5, 0.6) is 11.5 Å².